The van der Waals surface area contributed by atoms with Crippen LogP contribution in [0.25, 0.3) is 11.3 Å². The molecular weight excluding hydrogens is 384 g/mol. The van der Waals surface area contributed by atoms with E-state index in [1.165, 1.54) is 10.7 Å². The van der Waals surface area contributed by atoms with Crippen molar-refractivity contribution in [2.24, 2.45) is 0 Å². The normalized spacial score (nSPS) is 16.2. The molecule has 2 amide bonds. The fourth-order valence-electron chi connectivity index (χ4n) is 2.94. The molecule has 1 aliphatic rings. The third kappa shape index (κ3) is 3.78. The van der Waals surface area contributed by atoms with Gasteiger partial charge in [0.2, 0.25) is 0 Å². The SMILES string of the molecule is O=C(NCc1ccc(-c2cccc(Cl)c2)o1)c1cc2n(n1)C[C@H](O)CNC2=O. The first kappa shape index (κ1) is 18.3. The van der Waals surface area contributed by atoms with Crippen LogP contribution in [-0.4, -0.2) is 39.4 Å². The molecule has 0 saturated heterocycles. The van der Waals surface area contributed by atoms with Gasteiger partial charge >= 0.3 is 0 Å². The van der Waals surface area contributed by atoms with Crippen molar-refractivity contribution in [1.82, 2.24) is 20.4 Å². The molecule has 9 heteroatoms. The molecule has 3 heterocycles. The Hall–Kier alpha value is -3.10. The molecule has 144 valence electrons. The molecule has 3 N–H and O–H groups in total. The summed E-state index contributed by atoms with van der Waals surface area (Å²) in [5, 5.41) is 19.8. The molecule has 0 spiro atoms. The zero-order valence-electron chi connectivity index (χ0n) is 14.7. The van der Waals surface area contributed by atoms with E-state index in [0.29, 0.717) is 16.5 Å². The Morgan fingerprint density at radius 3 is 3.04 bits per heavy atom. The average molecular weight is 401 g/mol. The van der Waals surface area contributed by atoms with Gasteiger partial charge in [-0.25, -0.2) is 0 Å². The third-order valence-corrected chi connectivity index (χ3v) is 4.56. The Labute approximate surface area is 165 Å². The maximum atomic E-state index is 12.4. The van der Waals surface area contributed by atoms with Crippen LogP contribution < -0.4 is 10.6 Å². The van der Waals surface area contributed by atoms with Crippen LogP contribution in [0.2, 0.25) is 5.02 Å². The predicted octanol–water partition coefficient (Wildman–Crippen LogP) is 1.83. The number of aliphatic hydroxyl groups is 1. The number of aromatic nitrogens is 2. The molecule has 28 heavy (non-hydrogen) atoms. The number of carbonyl (C=O) groups is 2. The fraction of sp³-hybridized carbons (Fsp3) is 0.211. The van der Waals surface area contributed by atoms with Crippen molar-refractivity contribution >= 4 is 23.4 Å². The van der Waals surface area contributed by atoms with Crippen molar-refractivity contribution in [2.45, 2.75) is 19.2 Å². The summed E-state index contributed by atoms with van der Waals surface area (Å²) in [6.45, 7) is 0.454. The average Bonchev–Trinajstić information content (AvgIpc) is 3.29. The maximum absolute atomic E-state index is 12.4. The number of hydrogen-bond acceptors (Lipinski definition) is 5. The molecule has 0 bridgehead atoms. The topological polar surface area (TPSA) is 109 Å². The Morgan fingerprint density at radius 1 is 1.36 bits per heavy atom. The van der Waals surface area contributed by atoms with E-state index in [1.807, 2.05) is 12.1 Å². The quantitative estimate of drug-likeness (QED) is 0.619. The lowest BCUT2D eigenvalue weighted by molar-refractivity contribution is 0.0931. The van der Waals surface area contributed by atoms with Gasteiger partial charge in [-0.05, 0) is 24.3 Å². The van der Waals surface area contributed by atoms with Crippen LogP contribution in [0, 0.1) is 0 Å². The molecule has 1 aromatic carbocycles. The minimum atomic E-state index is -0.756. The highest BCUT2D eigenvalue weighted by molar-refractivity contribution is 6.30. The summed E-state index contributed by atoms with van der Waals surface area (Å²) in [6.07, 6.45) is -0.756. The number of β-amino-alcohol motifs (C(OH)–C–C–N with tert-alkyl or cyclic N) is 1. The van der Waals surface area contributed by atoms with E-state index in [-0.39, 0.29) is 36.9 Å². The number of halogens is 1. The number of aliphatic hydroxyl groups excluding tert-OH is 1. The van der Waals surface area contributed by atoms with Gasteiger partial charge < -0.3 is 20.2 Å². The lowest BCUT2D eigenvalue weighted by Crippen LogP contribution is -2.30. The summed E-state index contributed by atoms with van der Waals surface area (Å²) >= 11 is 5.99. The third-order valence-electron chi connectivity index (χ3n) is 4.32. The Balaban J connectivity index is 1.43. The molecule has 0 fully saturated rings. The lowest BCUT2D eigenvalue weighted by atomic mass is 10.2. The second-order valence-electron chi connectivity index (χ2n) is 6.42. The standard InChI is InChI=1S/C19H17ClN4O4/c20-12-3-1-2-11(6-12)17-5-4-14(28-17)9-22-18(26)15-7-16-19(27)21-8-13(25)10-24(16)23-15/h1-7,13,25H,8-10H2,(H,21,27)(H,22,26)/t13-/m1/s1. The van der Waals surface area contributed by atoms with Gasteiger partial charge in [-0.1, -0.05) is 23.7 Å². The molecule has 3 aromatic rings. The van der Waals surface area contributed by atoms with E-state index in [0.717, 1.165) is 5.56 Å². The molecule has 1 aliphatic heterocycles. The number of nitrogens with zero attached hydrogens (tertiary/aromatic N) is 2. The van der Waals surface area contributed by atoms with Gasteiger partial charge in [0.1, 0.15) is 17.2 Å². The van der Waals surface area contributed by atoms with Crippen molar-refractivity contribution < 1.29 is 19.1 Å². The van der Waals surface area contributed by atoms with Crippen LogP contribution >= 0.6 is 11.6 Å². The number of carbonyl (C=O) groups excluding carboxylic acids is 2. The first-order valence-corrected chi connectivity index (χ1v) is 9.04. The highest BCUT2D eigenvalue weighted by atomic mass is 35.5. The van der Waals surface area contributed by atoms with Crippen molar-refractivity contribution in [3.63, 3.8) is 0 Å². The highest BCUT2D eigenvalue weighted by Gasteiger charge is 2.24. The zero-order chi connectivity index (χ0) is 19.7. The van der Waals surface area contributed by atoms with E-state index in [9.17, 15) is 14.7 Å². The van der Waals surface area contributed by atoms with Crippen LogP contribution in [0.1, 0.15) is 26.7 Å². The molecule has 4 rings (SSSR count). The fourth-order valence-corrected chi connectivity index (χ4v) is 3.13. The largest absolute Gasteiger partial charge is 0.459 e. The van der Waals surface area contributed by atoms with Crippen LogP contribution in [0.3, 0.4) is 0 Å². The number of amides is 2. The maximum Gasteiger partial charge on any atom is 0.272 e. The van der Waals surface area contributed by atoms with Crippen LogP contribution in [0.4, 0.5) is 0 Å². The molecule has 1 atom stereocenters. The second-order valence-corrected chi connectivity index (χ2v) is 6.86. The molecule has 2 aromatic heterocycles. The number of hydrogen-bond donors (Lipinski definition) is 3. The summed E-state index contributed by atoms with van der Waals surface area (Å²) in [5.74, 6) is 0.396. The number of fused-ring (bicyclic) bond motifs is 1. The monoisotopic (exact) mass is 400 g/mol. The van der Waals surface area contributed by atoms with Crippen molar-refractivity contribution in [3.8, 4) is 11.3 Å². The second kappa shape index (κ2) is 7.49. The first-order valence-electron chi connectivity index (χ1n) is 8.66. The molecule has 0 saturated carbocycles. The van der Waals surface area contributed by atoms with Gasteiger partial charge in [0.25, 0.3) is 11.8 Å². The summed E-state index contributed by atoms with van der Waals surface area (Å²) in [7, 11) is 0. The van der Waals surface area contributed by atoms with Crippen LogP contribution in [-0.2, 0) is 13.1 Å². The Morgan fingerprint density at radius 2 is 2.21 bits per heavy atom. The predicted molar refractivity (Wildman–Crippen MR) is 101 cm³/mol. The van der Waals surface area contributed by atoms with Crippen LogP contribution in [0.5, 0.6) is 0 Å². The number of nitrogens with one attached hydrogen (secondary N) is 2. The first-order chi connectivity index (χ1) is 13.5. The van der Waals surface area contributed by atoms with Gasteiger partial charge in [0, 0.05) is 23.2 Å². The molecular formula is C19H17ClN4O4. The Bertz CT molecular complexity index is 1040. The minimum absolute atomic E-state index is 0.0980. The van der Waals surface area contributed by atoms with E-state index < -0.39 is 12.0 Å². The highest BCUT2D eigenvalue weighted by Crippen LogP contribution is 2.24. The van der Waals surface area contributed by atoms with Gasteiger partial charge in [0.05, 0.1) is 19.2 Å². The summed E-state index contributed by atoms with van der Waals surface area (Å²) in [4.78, 5) is 24.4. The van der Waals surface area contributed by atoms with Crippen molar-refractivity contribution in [2.75, 3.05) is 6.54 Å². The number of furan rings is 1. The molecule has 0 unspecified atom stereocenters. The molecule has 0 radical (unpaired) electrons. The minimum Gasteiger partial charge on any atom is -0.459 e. The van der Waals surface area contributed by atoms with Crippen molar-refractivity contribution in [3.05, 3.63) is 64.6 Å². The molecule has 8 nitrogen and oxygen atoms in total. The van der Waals surface area contributed by atoms with Crippen molar-refractivity contribution in [1.29, 1.82) is 0 Å². The van der Waals surface area contributed by atoms with E-state index in [1.54, 1.807) is 24.3 Å². The molecule has 0 aliphatic carbocycles. The van der Waals surface area contributed by atoms with Gasteiger partial charge in [-0.15, -0.1) is 0 Å². The van der Waals surface area contributed by atoms with Gasteiger partial charge in [0.15, 0.2) is 5.69 Å². The van der Waals surface area contributed by atoms with Crippen LogP contribution in [0.15, 0.2) is 46.9 Å². The zero-order valence-corrected chi connectivity index (χ0v) is 15.4. The summed E-state index contributed by atoms with van der Waals surface area (Å²) in [6, 6.07) is 12.3. The van der Waals surface area contributed by atoms with Gasteiger partial charge in [-0.2, -0.15) is 5.10 Å². The number of benzene rings is 1. The smallest absolute Gasteiger partial charge is 0.272 e. The summed E-state index contributed by atoms with van der Waals surface area (Å²) < 4.78 is 7.08. The van der Waals surface area contributed by atoms with E-state index in [2.05, 4.69) is 15.7 Å². The lowest BCUT2D eigenvalue weighted by Gasteiger charge is -2.06. The van der Waals surface area contributed by atoms with Gasteiger partial charge in [-0.3, -0.25) is 14.3 Å². The Kier molecular flexibility index (Phi) is 4.89. The summed E-state index contributed by atoms with van der Waals surface area (Å²) in [5.41, 5.74) is 1.18. The van der Waals surface area contributed by atoms with E-state index >= 15 is 0 Å². The number of rotatable bonds is 4. The van der Waals surface area contributed by atoms with E-state index in [4.69, 9.17) is 16.0 Å².